The third-order valence-electron chi connectivity index (χ3n) is 4.76. The Morgan fingerprint density at radius 3 is 1.97 bits per heavy atom. The van der Waals surface area contributed by atoms with E-state index in [1.807, 2.05) is 18.2 Å². The Balaban J connectivity index is 1.72. The van der Waals surface area contributed by atoms with Crippen LogP contribution in [0.1, 0.15) is 18.1 Å². The second kappa shape index (κ2) is 9.90. The molecule has 0 fully saturated rings. The van der Waals surface area contributed by atoms with Crippen molar-refractivity contribution >= 4 is 5.97 Å². The molecule has 1 N–H and O–H groups in total. The van der Waals surface area contributed by atoms with Gasteiger partial charge in [-0.05, 0) is 42.2 Å². The number of aliphatic hydroxyl groups excluding tert-OH is 1. The van der Waals surface area contributed by atoms with Crippen molar-refractivity contribution in [1.82, 2.24) is 0 Å². The molecule has 0 atom stereocenters. The number of benzene rings is 3. The Morgan fingerprint density at radius 1 is 0.867 bits per heavy atom. The van der Waals surface area contributed by atoms with Crippen molar-refractivity contribution in [2.75, 3.05) is 13.2 Å². The molecule has 0 bridgehead atoms. The van der Waals surface area contributed by atoms with Gasteiger partial charge in [-0.15, -0.1) is 0 Å². The highest BCUT2D eigenvalue weighted by Crippen LogP contribution is 2.29. The number of carbonyl (C=O) groups is 1. The van der Waals surface area contributed by atoms with Crippen LogP contribution >= 0.6 is 0 Å². The van der Waals surface area contributed by atoms with Gasteiger partial charge in [-0.1, -0.05) is 72.8 Å². The summed E-state index contributed by atoms with van der Waals surface area (Å²) in [6.45, 7) is 7.40. The van der Waals surface area contributed by atoms with Crippen molar-refractivity contribution in [2.24, 2.45) is 0 Å². The van der Waals surface area contributed by atoms with E-state index in [1.165, 1.54) is 11.1 Å². The highest BCUT2D eigenvalue weighted by Gasteiger charge is 2.08. The van der Waals surface area contributed by atoms with Gasteiger partial charge in [0.15, 0.2) is 0 Å². The first kappa shape index (κ1) is 21.3. The lowest BCUT2D eigenvalue weighted by Crippen LogP contribution is -2.13. The summed E-state index contributed by atoms with van der Waals surface area (Å²) in [7, 11) is 0. The molecule has 30 heavy (non-hydrogen) atoms. The van der Waals surface area contributed by atoms with Crippen LogP contribution in [0.3, 0.4) is 0 Å². The van der Waals surface area contributed by atoms with Gasteiger partial charge in [0, 0.05) is 11.1 Å². The molecule has 0 aromatic heterocycles. The van der Waals surface area contributed by atoms with Crippen LogP contribution in [0.25, 0.3) is 22.3 Å². The zero-order valence-electron chi connectivity index (χ0n) is 17.4. The minimum absolute atomic E-state index is 0.117. The average molecular weight is 402 g/mol. The first-order valence-corrected chi connectivity index (χ1v) is 9.84. The van der Waals surface area contributed by atoms with Crippen molar-refractivity contribution < 1.29 is 19.4 Å². The number of hydrogen-bond acceptors (Lipinski definition) is 4. The van der Waals surface area contributed by atoms with Crippen molar-refractivity contribution in [1.29, 1.82) is 0 Å². The summed E-state index contributed by atoms with van der Waals surface area (Å²) in [5.41, 5.74) is 6.63. The molecule has 0 saturated heterocycles. The minimum Gasteiger partial charge on any atom is -0.490 e. The van der Waals surface area contributed by atoms with Gasteiger partial charge in [0.05, 0.1) is 6.61 Å². The molecule has 0 radical (unpaired) electrons. The summed E-state index contributed by atoms with van der Waals surface area (Å²) in [6.07, 6.45) is 0. The highest BCUT2D eigenvalue weighted by molar-refractivity contribution is 5.86. The maximum absolute atomic E-state index is 11.4. The summed E-state index contributed by atoms with van der Waals surface area (Å²) >= 11 is 0. The molecular formula is C26H26O4. The predicted octanol–water partition coefficient (Wildman–Crippen LogP) is 5.32. The lowest BCUT2D eigenvalue weighted by Gasteiger charge is -2.13. The Morgan fingerprint density at radius 2 is 1.40 bits per heavy atom. The smallest absolute Gasteiger partial charge is 0.333 e. The summed E-state index contributed by atoms with van der Waals surface area (Å²) < 4.78 is 10.8. The maximum Gasteiger partial charge on any atom is 0.333 e. The summed E-state index contributed by atoms with van der Waals surface area (Å²) in [5.74, 6) is 0.132. The van der Waals surface area contributed by atoms with Crippen molar-refractivity contribution in [2.45, 2.75) is 20.5 Å². The number of ether oxygens (including phenoxy) is 2. The van der Waals surface area contributed by atoms with Crippen LogP contribution in [-0.4, -0.2) is 24.3 Å². The molecule has 0 heterocycles. The van der Waals surface area contributed by atoms with E-state index in [1.54, 1.807) is 6.92 Å². The Hall–Kier alpha value is -3.37. The number of carbonyl (C=O) groups excluding carboxylic acids is 1. The van der Waals surface area contributed by atoms with Crippen molar-refractivity contribution in [3.05, 3.63) is 90.0 Å². The molecule has 0 unspecified atom stereocenters. The van der Waals surface area contributed by atoms with E-state index >= 15 is 0 Å². The summed E-state index contributed by atoms with van der Waals surface area (Å²) in [6, 6.07) is 22.5. The minimum atomic E-state index is -0.441. The van der Waals surface area contributed by atoms with E-state index in [-0.39, 0.29) is 19.8 Å². The quantitative estimate of drug-likeness (QED) is 0.315. The second-order valence-electron chi connectivity index (χ2n) is 7.19. The van der Waals surface area contributed by atoms with Gasteiger partial charge < -0.3 is 14.6 Å². The van der Waals surface area contributed by atoms with Gasteiger partial charge in [-0.3, -0.25) is 0 Å². The van der Waals surface area contributed by atoms with Gasteiger partial charge in [0.1, 0.15) is 19.0 Å². The molecule has 0 spiro atoms. The fraction of sp³-hybridized carbons (Fsp3) is 0.192. The molecule has 154 valence electrons. The van der Waals surface area contributed by atoms with Gasteiger partial charge in [0.25, 0.3) is 0 Å². The molecule has 4 nitrogen and oxygen atoms in total. The SMILES string of the molecule is C=C(C)C(=O)OCCOc1cc(-c2ccc(-c3ccc(C)cc3)cc2)ccc1CO. The van der Waals surface area contributed by atoms with Crippen LogP contribution < -0.4 is 4.74 Å². The number of aryl methyl sites for hydroxylation is 1. The highest BCUT2D eigenvalue weighted by atomic mass is 16.6. The molecule has 0 aliphatic rings. The van der Waals surface area contributed by atoms with Gasteiger partial charge in [0.2, 0.25) is 0 Å². The third-order valence-corrected chi connectivity index (χ3v) is 4.76. The first-order valence-electron chi connectivity index (χ1n) is 9.84. The zero-order chi connectivity index (χ0) is 21.5. The van der Waals surface area contributed by atoms with Crippen molar-refractivity contribution in [3.8, 4) is 28.0 Å². The van der Waals surface area contributed by atoms with E-state index in [4.69, 9.17) is 9.47 Å². The summed E-state index contributed by atoms with van der Waals surface area (Å²) in [4.78, 5) is 11.4. The van der Waals surface area contributed by atoms with Crippen LogP contribution in [0.15, 0.2) is 78.9 Å². The Kier molecular flexibility index (Phi) is 7.04. The standard InChI is InChI=1S/C26H26O4/c1-18(2)26(28)30-15-14-29-25-16-23(12-13-24(25)17-27)22-10-8-21(9-11-22)20-6-4-19(3)5-7-20/h4-13,16,27H,1,14-15,17H2,2-3H3. The van der Waals surface area contributed by atoms with E-state index < -0.39 is 5.97 Å². The third kappa shape index (κ3) is 5.37. The van der Waals surface area contributed by atoms with Gasteiger partial charge >= 0.3 is 5.97 Å². The lowest BCUT2D eigenvalue weighted by molar-refractivity contribution is -0.139. The predicted molar refractivity (Wildman–Crippen MR) is 119 cm³/mol. The zero-order valence-corrected chi connectivity index (χ0v) is 17.4. The fourth-order valence-electron chi connectivity index (χ4n) is 3.01. The number of esters is 1. The van der Waals surface area contributed by atoms with E-state index in [2.05, 4.69) is 62.0 Å². The Labute approximate surface area is 177 Å². The largest absolute Gasteiger partial charge is 0.490 e. The van der Waals surface area contributed by atoms with Crippen LogP contribution in [0.5, 0.6) is 5.75 Å². The van der Waals surface area contributed by atoms with Gasteiger partial charge in [-0.2, -0.15) is 0 Å². The fourth-order valence-corrected chi connectivity index (χ4v) is 3.01. The topological polar surface area (TPSA) is 55.8 Å². The maximum atomic E-state index is 11.4. The molecular weight excluding hydrogens is 376 g/mol. The van der Waals surface area contributed by atoms with Crippen LogP contribution in [-0.2, 0) is 16.1 Å². The number of aliphatic hydroxyl groups is 1. The van der Waals surface area contributed by atoms with Crippen LogP contribution in [0.2, 0.25) is 0 Å². The number of hydrogen-bond donors (Lipinski definition) is 1. The number of rotatable bonds is 8. The van der Waals surface area contributed by atoms with E-state index in [0.717, 1.165) is 16.7 Å². The van der Waals surface area contributed by atoms with E-state index in [0.29, 0.717) is 16.9 Å². The average Bonchev–Trinajstić information content (AvgIpc) is 2.77. The molecule has 0 amide bonds. The monoisotopic (exact) mass is 402 g/mol. The molecule has 3 aromatic rings. The molecule has 0 aliphatic heterocycles. The van der Waals surface area contributed by atoms with Crippen LogP contribution in [0, 0.1) is 6.92 Å². The first-order chi connectivity index (χ1) is 14.5. The van der Waals surface area contributed by atoms with Crippen molar-refractivity contribution in [3.63, 3.8) is 0 Å². The summed E-state index contributed by atoms with van der Waals surface area (Å²) in [5, 5.41) is 9.60. The Bertz CT molecular complexity index is 1020. The normalized spacial score (nSPS) is 10.5. The molecule has 3 rings (SSSR count). The van der Waals surface area contributed by atoms with E-state index in [9.17, 15) is 9.90 Å². The van der Waals surface area contributed by atoms with Crippen LogP contribution in [0.4, 0.5) is 0 Å². The molecule has 0 aliphatic carbocycles. The van der Waals surface area contributed by atoms with Gasteiger partial charge in [-0.25, -0.2) is 4.79 Å². The molecule has 4 heteroatoms. The second-order valence-corrected chi connectivity index (χ2v) is 7.19. The molecule has 0 saturated carbocycles. The molecule has 3 aromatic carbocycles. The lowest BCUT2D eigenvalue weighted by atomic mass is 9.99.